The van der Waals surface area contributed by atoms with E-state index in [1.165, 1.54) is 11.3 Å². The van der Waals surface area contributed by atoms with E-state index in [1.807, 2.05) is 35.7 Å². The lowest BCUT2D eigenvalue weighted by molar-refractivity contribution is 0.155. The Bertz CT molecular complexity index is 592. The van der Waals surface area contributed by atoms with Gasteiger partial charge >= 0.3 is 6.09 Å². The lowest BCUT2D eigenvalue weighted by Gasteiger charge is -2.17. The molecule has 1 aromatic carbocycles. The number of hydrogen-bond donors (Lipinski definition) is 1. The molecule has 1 fully saturated rings. The van der Waals surface area contributed by atoms with Crippen molar-refractivity contribution in [2.75, 3.05) is 26.2 Å². The first-order valence-electron chi connectivity index (χ1n) is 7.01. The van der Waals surface area contributed by atoms with Gasteiger partial charge in [-0.1, -0.05) is 41.7 Å². The number of nitrogens with one attached hydrogen (secondary N) is 1. The molecule has 0 unspecified atom stereocenters. The smallest absolute Gasteiger partial charge is 0.381 e. The number of aromatic nitrogens is 1. The Labute approximate surface area is 127 Å². The number of thiazole rings is 1. The van der Waals surface area contributed by atoms with Crippen molar-refractivity contribution in [1.29, 1.82) is 0 Å². The van der Waals surface area contributed by atoms with E-state index in [0.29, 0.717) is 11.7 Å². The quantitative estimate of drug-likeness (QED) is 0.926. The van der Waals surface area contributed by atoms with Crippen molar-refractivity contribution in [3.8, 4) is 16.5 Å². The Morgan fingerprint density at radius 3 is 2.95 bits per heavy atom. The average molecular weight is 303 g/mol. The standard InChI is InChI=1S/C15H17N3O2S/c19-15(18-9-4-7-16-8-10-18)20-14-17-13(11-21-14)12-5-2-1-3-6-12/h1-3,5-6,11,16H,4,7-10H2. The van der Waals surface area contributed by atoms with E-state index in [2.05, 4.69) is 10.3 Å². The maximum Gasteiger partial charge on any atom is 0.417 e. The fraction of sp³-hybridized carbons (Fsp3) is 0.333. The summed E-state index contributed by atoms with van der Waals surface area (Å²) < 4.78 is 5.38. The highest BCUT2D eigenvalue weighted by atomic mass is 32.1. The maximum absolute atomic E-state index is 12.1. The summed E-state index contributed by atoms with van der Waals surface area (Å²) in [5.41, 5.74) is 1.86. The van der Waals surface area contributed by atoms with E-state index in [9.17, 15) is 4.79 Å². The summed E-state index contributed by atoms with van der Waals surface area (Å²) in [7, 11) is 0. The predicted molar refractivity (Wildman–Crippen MR) is 82.6 cm³/mol. The molecule has 2 heterocycles. The highest BCUT2D eigenvalue weighted by Gasteiger charge is 2.18. The van der Waals surface area contributed by atoms with Gasteiger partial charge in [-0.3, -0.25) is 0 Å². The van der Waals surface area contributed by atoms with Gasteiger partial charge in [0.25, 0.3) is 5.19 Å². The summed E-state index contributed by atoms with van der Waals surface area (Å²) in [6.07, 6.45) is 0.634. The number of carbonyl (C=O) groups excluding carboxylic acids is 1. The molecule has 5 nitrogen and oxygen atoms in total. The second kappa shape index (κ2) is 6.69. The van der Waals surface area contributed by atoms with E-state index in [4.69, 9.17) is 4.74 Å². The van der Waals surface area contributed by atoms with Crippen LogP contribution in [0.5, 0.6) is 5.19 Å². The van der Waals surface area contributed by atoms with Crippen LogP contribution in [-0.4, -0.2) is 42.2 Å². The van der Waals surface area contributed by atoms with Crippen molar-refractivity contribution in [1.82, 2.24) is 15.2 Å². The molecule has 3 rings (SSSR count). The third-order valence-corrected chi connectivity index (χ3v) is 4.04. The van der Waals surface area contributed by atoms with Gasteiger partial charge in [0.05, 0.1) is 5.69 Å². The lowest BCUT2D eigenvalue weighted by atomic mass is 10.2. The van der Waals surface area contributed by atoms with E-state index >= 15 is 0 Å². The monoisotopic (exact) mass is 303 g/mol. The molecule has 1 amide bonds. The summed E-state index contributed by atoms with van der Waals surface area (Å²) in [4.78, 5) is 18.2. The van der Waals surface area contributed by atoms with Crippen LogP contribution < -0.4 is 10.1 Å². The number of benzene rings is 1. The molecule has 0 saturated carbocycles. The molecular weight excluding hydrogens is 286 g/mol. The zero-order valence-corrected chi connectivity index (χ0v) is 12.4. The minimum atomic E-state index is -0.312. The van der Waals surface area contributed by atoms with Crippen molar-refractivity contribution < 1.29 is 9.53 Å². The Kier molecular flexibility index (Phi) is 4.47. The molecule has 21 heavy (non-hydrogen) atoms. The second-order valence-electron chi connectivity index (χ2n) is 4.82. The van der Waals surface area contributed by atoms with Gasteiger partial charge in [0.1, 0.15) is 0 Å². The third kappa shape index (κ3) is 3.59. The fourth-order valence-corrected chi connectivity index (χ4v) is 2.88. The van der Waals surface area contributed by atoms with Gasteiger partial charge in [0.2, 0.25) is 0 Å². The van der Waals surface area contributed by atoms with Gasteiger partial charge in [-0.15, -0.1) is 0 Å². The number of rotatable bonds is 2. The minimum absolute atomic E-state index is 0.312. The summed E-state index contributed by atoms with van der Waals surface area (Å²) in [5, 5.41) is 5.56. The first-order valence-corrected chi connectivity index (χ1v) is 7.89. The van der Waals surface area contributed by atoms with E-state index < -0.39 is 0 Å². The molecule has 2 aromatic rings. The Hall–Kier alpha value is -1.92. The molecule has 0 spiro atoms. The zero-order valence-electron chi connectivity index (χ0n) is 11.6. The number of amides is 1. The van der Waals surface area contributed by atoms with Crippen molar-refractivity contribution in [3.05, 3.63) is 35.7 Å². The minimum Gasteiger partial charge on any atom is -0.381 e. The molecule has 0 aliphatic carbocycles. The van der Waals surface area contributed by atoms with Crippen LogP contribution in [0.3, 0.4) is 0 Å². The first-order chi connectivity index (χ1) is 10.3. The van der Waals surface area contributed by atoms with Crippen molar-refractivity contribution >= 4 is 17.4 Å². The van der Waals surface area contributed by atoms with Gasteiger partial charge in [0.15, 0.2) is 0 Å². The Morgan fingerprint density at radius 2 is 2.10 bits per heavy atom. The van der Waals surface area contributed by atoms with Crippen LogP contribution in [0.2, 0.25) is 0 Å². The summed E-state index contributed by atoms with van der Waals surface area (Å²) >= 11 is 1.35. The zero-order chi connectivity index (χ0) is 14.5. The van der Waals surface area contributed by atoms with Crippen LogP contribution >= 0.6 is 11.3 Å². The largest absolute Gasteiger partial charge is 0.417 e. The van der Waals surface area contributed by atoms with E-state index in [1.54, 1.807) is 4.90 Å². The molecular formula is C15H17N3O2S. The highest BCUT2D eigenvalue weighted by Crippen LogP contribution is 2.26. The number of ether oxygens (including phenoxy) is 1. The second-order valence-corrected chi connectivity index (χ2v) is 5.64. The summed E-state index contributed by atoms with van der Waals surface area (Å²) in [5.74, 6) is 0. The van der Waals surface area contributed by atoms with Crippen molar-refractivity contribution in [3.63, 3.8) is 0 Å². The van der Waals surface area contributed by atoms with Crippen molar-refractivity contribution in [2.24, 2.45) is 0 Å². The molecule has 0 atom stereocenters. The van der Waals surface area contributed by atoms with Gasteiger partial charge in [-0.05, 0) is 13.0 Å². The molecule has 1 aliphatic rings. The molecule has 1 aromatic heterocycles. The van der Waals surface area contributed by atoms with Gasteiger partial charge in [-0.2, -0.15) is 0 Å². The molecule has 6 heteroatoms. The van der Waals surface area contributed by atoms with Crippen LogP contribution in [0.25, 0.3) is 11.3 Å². The highest BCUT2D eigenvalue weighted by molar-refractivity contribution is 7.11. The van der Waals surface area contributed by atoms with Crippen molar-refractivity contribution in [2.45, 2.75) is 6.42 Å². The SMILES string of the molecule is O=C(Oc1nc(-c2ccccc2)cs1)N1CCCNCC1. The fourth-order valence-electron chi connectivity index (χ4n) is 2.21. The average Bonchev–Trinajstić information content (AvgIpc) is 2.81. The number of hydrogen-bond acceptors (Lipinski definition) is 5. The van der Waals surface area contributed by atoms with Crippen LogP contribution in [0, 0.1) is 0 Å². The van der Waals surface area contributed by atoms with Crippen LogP contribution in [0.1, 0.15) is 6.42 Å². The van der Waals surface area contributed by atoms with Crippen LogP contribution in [0.4, 0.5) is 4.79 Å². The molecule has 110 valence electrons. The van der Waals surface area contributed by atoms with Crippen LogP contribution in [-0.2, 0) is 0 Å². The summed E-state index contributed by atoms with van der Waals surface area (Å²) in [6.45, 7) is 3.15. The lowest BCUT2D eigenvalue weighted by Crippen LogP contribution is -2.36. The van der Waals surface area contributed by atoms with Crippen LogP contribution in [0.15, 0.2) is 35.7 Å². The van der Waals surface area contributed by atoms with E-state index in [0.717, 1.165) is 37.3 Å². The maximum atomic E-state index is 12.1. The first kappa shape index (κ1) is 14.0. The normalized spacial score (nSPS) is 15.5. The Balaban J connectivity index is 1.65. The van der Waals surface area contributed by atoms with Gasteiger partial charge < -0.3 is 15.0 Å². The third-order valence-electron chi connectivity index (χ3n) is 3.33. The number of carbonyl (C=O) groups is 1. The van der Waals surface area contributed by atoms with Gasteiger partial charge in [0, 0.05) is 30.6 Å². The van der Waals surface area contributed by atoms with E-state index in [-0.39, 0.29) is 6.09 Å². The van der Waals surface area contributed by atoms with Gasteiger partial charge in [-0.25, -0.2) is 9.78 Å². The molecule has 1 aliphatic heterocycles. The molecule has 0 bridgehead atoms. The topological polar surface area (TPSA) is 54.5 Å². The molecule has 1 saturated heterocycles. The predicted octanol–water partition coefficient (Wildman–Crippen LogP) is 2.60. The molecule has 0 radical (unpaired) electrons. The summed E-state index contributed by atoms with van der Waals surface area (Å²) in [6, 6.07) is 9.86. The molecule has 1 N–H and O–H groups in total. The Morgan fingerprint density at radius 1 is 1.24 bits per heavy atom. The number of nitrogens with zero attached hydrogens (tertiary/aromatic N) is 2.